The van der Waals surface area contributed by atoms with Gasteiger partial charge in [-0.15, -0.1) is 0 Å². The van der Waals surface area contributed by atoms with E-state index < -0.39 is 5.92 Å². The minimum atomic E-state index is -0.416. The number of carbonyl (C=O) groups is 3. The molecule has 8 heteroatoms. The SMILES string of the molecule is COc1ccc(CNC(=O)C2CCCC(NC(=O)c3ccc(C#N)cc3)CN(C)C(=O)C2)cc1. The minimum absolute atomic E-state index is 0.121. The molecule has 1 heterocycles. The van der Waals surface area contributed by atoms with Gasteiger partial charge in [0.2, 0.25) is 11.8 Å². The summed E-state index contributed by atoms with van der Waals surface area (Å²) in [5.41, 5.74) is 1.90. The van der Waals surface area contributed by atoms with E-state index in [2.05, 4.69) is 10.6 Å². The largest absolute Gasteiger partial charge is 0.497 e. The maximum absolute atomic E-state index is 12.8. The predicted octanol–water partition coefficient (Wildman–Crippen LogP) is 2.63. The summed E-state index contributed by atoms with van der Waals surface area (Å²) in [6, 6.07) is 15.7. The average molecular weight is 463 g/mol. The molecule has 0 radical (unpaired) electrons. The zero-order valence-corrected chi connectivity index (χ0v) is 19.5. The van der Waals surface area contributed by atoms with Gasteiger partial charge in [-0.1, -0.05) is 18.6 Å². The van der Waals surface area contributed by atoms with Gasteiger partial charge in [0.1, 0.15) is 5.75 Å². The number of nitrogens with zero attached hydrogens (tertiary/aromatic N) is 2. The number of nitriles is 1. The molecule has 0 bridgehead atoms. The molecule has 0 aromatic heterocycles. The first-order valence-corrected chi connectivity index (χ1v) is 11.3. The zero-order chi connectivity index (χ0) is 24.5. The number of rotatable bonds is 6. The molecule has 178 valence electrons. The molecule has 1 aliphatic heterocycles. The number of methoxy groups -OCH3 is 1. The summed E-state index contributed by atoms with van der Waals surface area (Å²) in [6.45, 7) is 0.758. The molecule has 1 saturated heterocycles. The molecule has 3 amide bonds. The van der Waals surface area contributed by atoms with Gasteiger partial charge >= 0.3 is 0 Å². The molecule has 2 unspecified atom stereocenters. The van der Waals surface area contributed by atoms with Crippen LogP contribution in [-0.2, 0) is 16.1 Å². The Labute approximate surface area is 199 Å². The van der Waals surface area contributed by atoms with Crippen LogP contribution in [0.1, 0.15) is 47.2 Å². The lowest BCUT2D eigenvalue weighted by molar-refractivity contribution is -0.135. The van der Waals surface area contributed by atoms with E-state index >= 15 is 0 Å². The third kappa shape index (κ3) is 6.82. The summed E-state index contributed by atoms with van der Waals surface area (Å²) in [4.78, 5) is 39.8. The third-order valence-corrected chi connectivity index (χ3v) is 6.05. The molecule has 0 spiro atoms. The molecule has 0 aliphatic carbocycles. The van der Waals surface area contributed by atoms with E-state index in [0.29, 0.717) is 43.5 Å². The van der Waals surface area contributed by atoms with Gasteiger partial charge in [0.15, 0.2) is 0 Å². The monoisotopic (exact) mass is 462 g/mol. The van der Waals surface area contributed by atoms with Crippen LogP contribution in [0.2, 0.25) is 0 Å². The highest BCUT2D eigenvalue weighted by atomic mass is 16.5. The second-order valence-electron chi connectivity index (χ2n) is 8.53. The van der Waals surface area contributed by atoms with Crippen molar-refractivity contribution in [2.45, 2.75) is 38.3 Å². The van der Waals surface area contributed by atoms with E-state index in [0.717, 1.165) is 11.3 Å². The molecule has 8 nitrogen and oxygen atoms in total. The number of hydrogen-bond donors (Lipinski definition) is 2. The van der Waals surface area contributed by atoms with E-state index in [1.807, 2.05) is 30.3 Å². The van der Waals surface area contributed by atoms with Crippen molar-refractivity contribution < 1.29 is 19.1 Å². The molecule has 2 aromatic rings. The molecule has 2 atom stereocenters. The lowest BCUT2D eigenvalue weighted by Crippen LogP contribution is -2.44. The van der Waals surface area contributed by atoms with Crippen molar-refractivity contribution in [1.82, 2.24) is 15.5 Å². The highest BCUT2D eigenvalue weighted by Gasteiger charge is 2.27. The standard InChI is InChI=1S/C26H30N4O4/c1-30-17-22(29-26(33)20-10-6-18(15-27)7-11-20)5-3-4-21(14-24(30)31)25(32)28-16-19-8-12-23(34-2)13-9-19/h6-13,21-22H,3-5,14,16-17H2,1-2H3,(H,28,32)(H,29,33). The highest BCUT2D eigenvalue weighted by Crippen LogP contribution is 2.20. The number of benzene rings is 2. The number of nitrogens with one attached hydrogen (secondary N) is 2. The molecular weight excluding hydrogens is 432 g/mol. The van der Waals surface area contributed by atoms with Gasteiger partial charge in [0, 0.05) is 44.1 Å². The second kappa shape index (κ2) is 11.8. The fourth-order valence-corrected chi connectivity index (χ4v) is 3.99. The Bertz CT molecular complexity index is 1040. The fourth-order valence-electron chi connectivity index (χ4n) is 3.99. The van der Waals surface area contributed by atoms with Crippen LogP contribution < -0.4 is 15.4 Å². The maximum Gasteiger partial charge on any atom is 0.251 e. The van der Waals surface area contributed by atoms with E-state index in [4.69, 9.17) is 10.00 Å². The Morgan fingerprint density at radius 1 is 1.12 bits per heavy atom. The van der Waals surface area contributed by atoms with Gasteiger partial charge in [-0.25, -0.2) is 0 Å². The first-order chi connectivity index (χ1) is 16.4. The van der Waals surface area contributed by atoms with E-state index in [1.54, 1.807) is 43.3 Å². The smallest absolute Gasteiger partial charge is 0.251 e. The third-order valence-electron chi connectivity index (χ3n) is 6.05. The first kappa shape index (κ1) is 24.8. The molecule has 2 N–H and O–H groups in total. The topological polar surface area (TPSA) is 112 Å². The quantitative estimate of drug-likeness (QED) is 0.686. The van der Waals surface area contributed by atoms with Crippen molar-refractivity contribution in [2.24, 2.45) is 5.92 Å². The van der Waals surface area contributed by atoms with Crippen molar-refractivity contribution >= 4 is 17.7 Å². The Hall–Kier alpha value is -3.86. The summed E-state index contributed by atoms with van der Waals surface area (Å²) in [5.74, 6) is -0.174. The van der Waals surface area contributed by atoms with Crippen LogP contribution in [0.4, 0.5) is 0 Å². The van der Waals surface area contributed by atoms with Crippen molar-refractivity contribution in [1.29, 1.82) is 5.26 Å². The van der Waals surface area contributed by atoms with Crippen LogP contribution in [0, 0.1) is 17.2 Å². The molecule has 0 saturated carbocycles. The van der Waals surface area contributed by atoms with E-state index in [9.17, 15) is 14.4 Å². The van der Waals surface area contributed by atoms with Gasteiger partial charge in [-0.05, 0) is 54.8 Å². The summed E-state index contributed by atoms with van der Waals surface area (Å²) in [5, 5.41) is 14.9. The summed E-state index contributed by atoms with van der Waals surface area (Å²) >= 11 is 0. The Balaban J connectivity index is 1.57. The van der Waals surface area contributed by atoms with Crippen molar-refractivity contribution in [2.75, 3.05) is 20.7 Å². The summed E-state index contributed by atoms with van der Waals surface area (Å²) in [7, 11) is 3.30. The zero-order valence-electron chi connectivity index (χ0n) is 19.5. The summed E-state index contributed by atoms with van der Waals surface area (Å²) < 4.78 is 5.15. The van der Waals surface area contributed by atoms with Crippen LogP contribution in [0.3, 0.4) is 0 Å². The van der Waals surface area contributed by atoms with E-state index in [-0.39, 0.29) is 30.2 Å². The second-order valence-corrected chi connectivity index (χ2v) is 8.53. The molecule has 1 aliphatic rings. The van der Waals surface area contributed by atoms with Gasteiger partial charge in [0.25, 0.3) is 5.91 Å². The van der Waals surface area contributed by atoms with Gasteiger partial charge in [-0.2, -0.15) is 5.26 Å². The number of ether oxygens (including phenoxy) is 1. The van der Waals surface area contributed by atoms with Crippen molar-refractivity contribution in [3.63, 3.8) is 0 Å². The Morgan fingerprint density at radius 3 is 2.47 bits per heavy atom. The van der Waals surface area contributed by atoms with Crippen LogP contribution in [0.5, 0.6) is 5.75 Å². The lowest BCUT2D eigenvalue weighted by atomic mass is 9.96. The number of amides is 3. The fraction of sp³-hybridized carbons (Fsp3) is 0.385. The van der Waals surface area contributed by atoms with Crippen molar-refractivity contribution in [3.05, 3.63) is 65.2 Å². The average Bonchev–Trinajstić information content (AvgIpc) is 2.92. The lowest BCUT2D eigenvalue weighted by Gasteiger charge is -2.24. The first-order valence-electron chi connectivity index (χ1n) is 11.3. The van der Waals surface area contributed by atoms with Gasteiger partial charge < -0.3 is 20.3 Å². The highest BCUT2D eigenvalue weighted by molar-refractivity contribution is 5.94. The normalized spacial score (nSPS) is 18.6. The van der Waals surface area contributed by atoms with Crippen LogP contribution in [0.15, 0.2) is 48.5 Å². The number of hydrogen-bond acceptors (Lipinski definition) is 5. The van der Waals surface area contributed by atoms with Crippen LogP contribution >= 0.6 is 0 Å². The number of likely N-dealkylation sites (N-methyl/N-ethyl adjacent to an activating group) is 1. The number of carbonyl (C=O) groups excluding carboxylic acids is 3. The van der Waals surface area contributed by atoms with Gasteiger partial charge in [-0.3, -0.25) is 14.4 Å². The molecule has 3 rings (SSSR count). The summed E-state index contributed by atoms with van der Waals surface area (Å²) in [6.07, 6.45) is 2.07. The minimum Gasteiger partial charge on any atom is -0.497 e. The molecule has 1 fully saturated rings. The van der Waals surface area contributed by atoms with Crippen molar-refractivity contribution in [3.8, 4) is 11.8 Å². The van der Waals surface area contributed by atoms with Crippen LogP contribution in [0.25, 0.3) is 0 Å². The van der Waals surface area contributed by atoms with E-state index in [1.165, 1.54) is 0 Å². The Kier molecular flexibility index (Phi) is 8.63. The maximum atomic E-state index is 12.8. The Morgan fingerprint density at radius 2 is 1.82 bits per heavy atom. The molecule has 2 aromatic carbocycles. The predicted molar refractivity (Wildman–Crippen MR) is 127 cm³/mol. The van der Waals surface area contributed by atoms with Crippen LogP contribution in [-0.4, -0.2) is 49.4 Å². The molecule has 34 heavy (non-hydrogen) atoms. The molecular formula is C26H30N4O4. The van der Waals surface area contributed by atoms with Gasteiger partial charge in [0.05, 0.1) is 18.7 Å².